The second-order valence-electron chi connectivity index (χ2n) is 2.78. The van der Waals surface area contributed by atoms with Crippen LogP contribution in [0.3, 0.4) is 0 Å². The summed E-state index contributed by atoms with van der Waals surface area (Å²) in [6.45, 7) is 0.525. The third-order valence-corrected chi connectivity index (χ3v) is 1.86. The Bertz CT molecular complexity index is 454. The molecule has 0 fully saturated rings. The smallest absolute Gasteiger partial charge is 0.138 e. The van der Waals surface area contributed by atoms with Crippen LogP contribution in [0.1, 0.15) is 11.1 Å². The van der Waals surface area contributed by atoms with Crippen LogP contribution in [-0.4, -0.2) is 20.2 Å². The Kier molecular flexibility index (Phi) is 2.19. The van der Waals surface area contributed by atoms with E-state index in [1.54, 1.807) is 10.7 Å². The van der Waals surface area contributed by atoms with E-state index in [-0.39, 0.29) is 0 Å². The second-order valence-corrected chi connectivity index (χ2v) is 2.78. The number of nitriles is 1. The first-order valence-electron chi connectivity index (χ1n) is 4.09. The van der Waals surface area contributed by atoms with Gasteiger partial charge < -0.3 is 0 Å². The van der Waals surface area contributed by atoms with Gasteiger partial charge in [0.15, 0.2) is 0 Å². The Hall–Kier alpha value is -2.22. The van der Waals surface area contributed by atoms with Crippen LogP contribution in [0.15, 0.2) is 30.6 Å². The summed E-state index contributed by atoms with van der Waals surface area (Å²) >= 11 is 0. The van der Waals surface area contributed by atoms with Crippen molar-refractivity contribution in [2.24, 2.45) is 0 Å². The van der Waals surface area contributed by atoms with Crippen molar-refractivity contribution >= 4 is 0 Å². The molecule has 68 valence electrons. The number of hydrogen-bond donors (Lipinski definition) is 0. The molecule has 0 bridgehead atoms. The van der Waals surface area contributed by atoms with E-state index in [2.05, 4.69) is 21.6 Å². The molecule has 0 saturated carbocycles. The van der Waals surface area contributed by atoms with E-state index in [1.165, 1.54) is 6.33 Å². The first kappa shape index (κ1) is 8.38. The normalized spacial score (nSPS) is 9.64. The molecule has 2 rings (SSSR count). The summed E-state index contributed by atoms with van der Waals surface area (Å²) in [7, 11) is 0. The van der Waals surface area contributed by atoms with E-state index >= 15 is 0 Å². The molecule has 5 nitrogen and oxygen atoms in total. The van der Waals surface area contributed by atoms with E-state index in [1.807, 2.05) is 18.2 Å². The lowest BCUT2D eigenvalue weighted by Gasteiger charge is -2.01. The van der Waals surface area contributed by atoms with Gasteiger partial charge in [-0.25, -0.2) is 4.68 Å². The maximum absolute atomic E-state index is 8.84. The molecule has 0 atom stereocenters. The Labute approximate surface area is 80.6 Å². The van der Waals surface area contributed by atoms with Crippen LogP contribution in [0, 0.1) is 11.3 Å². The van der Waals surface area contributed by atoms with Crippen LogP contribution in [0.2, 0.25) is 0 Å². The van der Waals surface area contributed by atoms with Crippen molar-refractivity contribution in [2.75, 3.05) is 0 Å². The zero-order valence-electron chi connectivity index (χ0n) is 7.33. The first-order valence-corrected chi connectivity index (χ1v) is 4.09. The zero-order valence-corrected chi connectivity index (χ0v) is 7.33. The van der Waals surface area contributed by atoms with Gasteiger partial charge >= 0.3 is 0 Å². The molecule has 0 aliphatic carbocycles. The number of benzene rings is 1. The van der Waals surface area contributed by atoms with Crippen LogP contribution in [0.5, 0.6) is 0 Å². The van der Waals surface area contributed by atoms with E-state index in [9.17, 15) is 0 Å². The van der Waals surface area contributed by atoms with Crippen LogP contribution < -0.4 is 0 Å². The molecule has 2 aromatic rings. The molecule has 0 spiro atoms. The molecule has 1 heterocycles. The predicted molar refractivity (Wildman–Crippen MR) is 48.1 cm³/mol. The zero-order chi connectivity index (χ0) is 9.80. The van der Waals surface area contributed by atoms with Gasteiger partial charge in [-0.3, -0.25) is 0 Å². The van der Waals surface area contributed by atoms with Crippen LogP contribution in [0.25, 0.3) is 0 Å². The first-order chi connectivity index (χ1) is 6.90. The lowest BCUT2D eigenvalue weighted by molar-refractivity contribution is 0.647. The summed E-state index contributed by atoms with van der Waals surface area (Å²) in [6, 6.07) is 9.52. The Morgan fingerprint density at radius 3 is 2.93 bits per heavy atom. The lowest BCUT2D eigenvalue weighted by atomic mass is 10.1. The minimum atomic E-state index is 0.525. The van der Waals surface area contributed by atoms with Gasteiger partial charge in [-0.1, -0.05) is 18.2 Å². The summed E-state index contributed by atoms with van der Waals surface area (Å²) in [6.07, 6.45) is 1.52. The van der Waals surface area contributed by atoms with Crippen LogP contribution in [0.4, 0.5) is 0 Å². The molecule has 1 aromatic carbocycles. The Balaban J connectivity index is 2.30. The van der Waals surface area contributed by atoms with Gasteiger partial charge in [0.05, 0.1) is 18.2 Å². The second kappa shape index (κ2) is 3.66. The molecule has 0 amide bonds. The topological polar surface area (TPSA) is 67.4 Å². The van der Waals surface area contributed by atoms with Crippen molar-refractivity contribution in [1.82, 2.24) is 20.2 Å². The summed E-state index contributed by atoms with van der Waals surface area (Å²) in [5.41, 5.74) is 1.57. The quantitative estimate of drug-likeness (QED) is 0.686. The third kappa shape index (κ3) is 1.59. The van der Waals surface area contributed by atoms with Gasteiger partial charge in [0.1, 0.15) is 6.33 Å². The van der Waals surface area contributed by atoms with Crippen molar-refractivity contribution < 1.29 is 0 Å². The summed E-state index contributed by atoms with van der Waals surface area (Å²) in [4.78, 5) is 0. The molecule has 0 unspecified atom stereocenters. The Morgan fingerprint density at radius 1 is 1.36 bits per heavy atom. The fraction of sp³-hybridized carbons (Fsp3) is 0.111. The monoisotopic (exact) mass is 185 g/mol. The van der Waals surface area contributed by atoms with E-state index in [0.29, 0.717) is 12.1 Å². The van der Waals surface area contributed by atoms with Gasteiger partial charge in [0.25, 0.3) is 0 Å². The number of nitrogens with zero attached hydrogens (tertiary/aromatic N) is 5. The van der Waals surface area contributed by atoms with E-state index in [4.69, 9.17) is 5.26 Å². The molecule has 0 radical (unpaired) electrons. The number of rotatable bonds is 2. The van der Waals surface area contributed by atoms with Gasteiger partial charge in [-0.2, -0.15) is 5.26 Å². The molecule has 0 aliphatic rings. The fourth-order valence-electron chi connectivity index (χ4n) is 1.19. The maximum Gasteiger partial charge on any atom is 0.138 e. The van der Waals surface area contributed by atoms with E-state index in [0.717, 1.165) is 5.56 Å². The standard InChI is InChI=1S/C9H7N5/c10-5-8-3-1-2-4-9(8)6-14-7-11-12-13-14/h1-4,7H,6H2. The van der Waals surface area contributed by atoms with Crippen molar-refractivity contribution in [3.63, 3.8) is 0 Å². The van der Waals surface area contributed by atoms with Crippen LogP contribution >= 0.6 is 0 Å². The van der Waals surface area contributed by atoms with E-state index < -0.39 is 0 Å². The highest BCUT2D eigenvalue weighted by atomic mass is 15.5. The van der Waals surface area contributed by atoms with Gasteiger partial charge in [-0.15, -0.1) is 5.10 Å². The molecular weight excluding hydrogens is 178 g/mol. The Morgan fingerprint density at radius 2 is 2.21 bits per heavy atom. The van der Waals surface area contributed by atoms with Gasteiger partial charge in [0, 0.05) is 0 Å². The van der Waals surface area contributed by atoms with Crippen molar-refractivity contribution in [2.45, 2.75) is 6.54 Å². The summed E-state index contributed by atoms with van der Waals surface area (Å²) < 4.78 is 1.58. The SMILES string of the molecule is N#Cc1ccccc1Cn1cnnn1. The highest BCUT2D eigenvalue weighted by Crippen LogP contribution is 2.07. The minimum absolute atomic E-state index is 0.525. The highest BCUT2D eigenvalue weighted by Gasteiger charge is 2.01. The van der Waals surface area contributed by atoms with Crippen molar-refractivity contribution in [3.05, 3.63) is 41.7 Å². The molecule has 0 saturated heterocycles. The average Bonchev–Trinajstić information content (AvgIpc) is 2.71. The molecule has 14 heavy (non-hydrogen) atoms. The lowest BCUT2D eigenvalue weighted by Crippen LogP contribution is -2.02. The van der Waals surface area contributed by atoms with Crippen molar-refractivity contribution in [3.8, 4) is 6.07 Å². The molecule has 0 N–H and O–H groups in total. The molecule has 5 heteroatoms. The van der Waals surface area contributed by atoms with Gasteiger partial charge in [-0.05, 0) is 22.1 Å². The van der Waals surface area contributed by atoms with Crippen LogP contribution in [-0.2, 0) is 6.54 Å². The molecule has 0 aliphatic heterocycles. The van der Waals surface area contributed by atoms with Gasteiger partial charge in [0.2, 0.25) is 0 Å². The highest BCUT2D eigenvalue weighted by molar-refractivity contribution is 5.37. The summed E-state index contributed by atoms with van der Waals surface area (Å²) in [5.74, 6) is 0. The summed E-state index contributed by atoms with van der Waals surface area (Å²) in [5, 5.41) is 19.6. The maximum atomic E-state index is 8.84. The third-order valence-electron chi connectivity index (χ3n) is 1.86. The number of aromatic nitrogens is 4. The minimum Gasteiger partial charge on any atom is -0.228 e. The largest absolute Gasteiger partial charge is 0.228 e. The molecular formula is C9H7N5. The number of hydrogen-bond acceptors (Lipinski definition) is 4. The predicted octanol–water partition coefficient (Wildman–Crippen LogP) is 0.593. The van der Waals surface area contributed by atoms with Crippen molar-refractivity contribution in [1.29, 1.82) is 5.26 Å². The molecule has 1 aromatic heterocycles. The average molecular weight is 185 g/mol. The number of tetrazole rings is 1. The fourth-order valence-corrected chi connectivity index (χ4v) is 1.19.